The highest BCUT2D eigenvalue weighted by Crippen LogP contribution is 2.21. The molecule has 126 valence electrons. The Labute approximate surface area is 142 Å². The van der Waals surface area contributed by atoms with E-state index in [1.165, 1.54) is 11.1 Å². The Morgan fingerprint density at radius 1 is 1.21 bits per heavy atom. The summed E-state index contributed by atoms with van der Waals surface area (Å²) in [6, 6.07) is 12.1. The Balaban J connectivity index is 1.50. The van der Waals surface area contributed by atoms with Crippen LogP contribution >= 0.6 is 0 Å². The Hall–Kier alpha value is -2.40. The number of ether oxygens (including phenoxy) is 1. The summed E-state index contributed by atoms with van der Waals surface area (Å²) in [4.78, 5) is 18.6. The first-order valence-corrected chi connectivity index (χ1v) is 8.38. The second-order valence-electron chi connectivity index (χ2n) is 6.01. The quantitative estimate of drug-likeness (QED) is 0.850. The van der Waals surface area contributed by atoms with Crippen molar-refractivity contribution < 1.29 is 9.53 Å². The van der Waals surface area contributed by atoms with Crippen molar-refractivity contribution in [3.05, 3.63) is 59.3 Å². The molecule has 1 N–H and O–H groups in total. The second kappa shape index (κ2) is 7.93. The molecule has 1 amide bonds. The lowest BCUT2D eigenvalue weighted by molar-refractivity contribution is -0.122. The molecule has 0 spiro atoms. The third-order valence-electron chi connectivity index (χ3n) is 4.04. The number of hydrogen-bond donors (Lipinski definition) is 1. The van der Waals surface area contributed by atoms with Crippen molar-refractivity contribution in [3.8, 4) is 5.88 Å². The molecule has 0 saturated heterocycles. The first-order chi connectivity index (χ1) is 11.8. The molecule has 0 aliphatic carbocycles. The van der Waals surface area contributed by atoms with Crippen molar-refractivity contribution in [1.29, 1.82) is 0 Å². The average Bonchev–Trinajstić information content (AvgIpc) is 3.01. The van der Waals surface area contributed by atoms with Gasteiger partial charge in [-0.15, -0.1) is 0 Å². The van der Waals surface area contributed by atoms with Crippen LogP contribution in [-0.4, -0.2) is 28.9 Å². The molecule has 24 heavy (non-hydrogen) atoms. The predicted octanol–water partition coefficient (Wildman–Crippen LogP) is 2.50. The van der Waals surface area contributed by atoms with Gasteiger partial charge in [-0.1, -0.05) is 37.3 Å². The minimum Gasteiger partial charge on any atom is -0.477 e. The molecule has 5 heteroatoms. The highest BCUT2D eigenvalue weighted by Gasteiger charge is 2.20. The molecular weight excluding hydrogens is 302 g/mol. The van der Waals surface area contributed by atoms with Crippen LogP contribution < -0.4 is 10.1 Å². The van der Waals surface area contributed by atoms with Crippen LogP contribution in [0.3, 0.4) is 0 Å². The topological polar surface area (TPSA) is 54.5 Å². The SMILES string of the molecule is CCCOc1ncccc1CNC(=O)CN1Cc2ccccc2C1. The van der Waals surface area contributed by atoms with Gasteiger partial charge >= 0.3 is 0 Å². The van der Waals surface area contributed by atoms with Crippen LogP contribution in [-0.2, 0) is 24.4 Å². The summed E-state index contributed by atoms with van der Waals surface area (Å²) >= 11 is 0. The van der Waals surface area contributed by atoms with E-state index in [1.54, 1.807) is 6.20 Å². The molecule has 0 unspecified atom stereocenters. The van der Waals surface area contributed by atoms with Gasteiger partial charge in [0.2, 0.25) is 11.8 Å². The molecule has 5 nitrogen and oxygen atoms in total. The second-order valence-corrected chi connectivity index (χ2v) is 6.01. The van der Waals surface area contributed by atoms with E-state index in [0.717, 1.165) is 25.1 Å². The third-order valence-corrected chi connectivity index (χ3v) is 4.04. The van der Waals surface area contributed by atoms with Gasteiger partial charge < -0.3 is 10.1 Å². The molecular formula is C19H23N3O2. The Morgan fingerprint density at radius 3 is 2.67 bits per heavy atom. The number of pyridine rings is 1. The monoisotopic (exact) mass is 325 g/mol. The maximum absolute atomic E-state index is 12.2. The summed E-state index contributed by atoms with van der Waals surface area (Å²) in [6.45, 7) is 5.19. The van der Waals surface area contributed by atoms with Gasteiger partial charge in [0.1, 0.15) is 0 Å². The molecule has 2 heterocycles. The highest BCUT2D eigenvalue weighted by molar-refractivity contribution is 5.78. The fourth-order valence-corrected chi connectivity index (χ4v) is 2.86. The molecule has 2 aromatic rings. The molecule has 0 radical (unpaired) electrons. The smallest absolute Gasteiger partial charge is 0.234 e. The van der Waals surface area contributed by atoms with Crippen LogP contribution in [0.15, 0.2) is 42.6 Å². The van der Waals surface area contributed by atoms with Gasteiger partial charge in [0.05, 0.1) is 13.2 Å². The Kier molecular flexibility index (Phi) is 5.43. The summed E-state index contributed by atoms with van der Waals surface area (Å²) in [5.41, 5.74) is 3.53. The van der Waals surface area contributed by atoms with Gasteiger partial charge in [-0.2, -0.15) is 0 Å². The molecule has 0 atom stereocenters. The first-order valence-electron chi connectivity index (χ1n) is 8.38. The number of aromatic nitrogens is 1. The van der Waals surface area contributed by atoms with Gasteiger partial charge in [-0.3, -0.25) is 9.69 Å². The summed E-state index contributed by atoms with van der Waals surface area (Å²) < 4.78 is 5.62. The van der Waals surface area contributed by atoms with E-state index >= 15 is 0 Å². The lowest BCUT2D eigenvalue weighted by Gasteiger charge is -2.15. The first kappa shape index (κ1) is 16.5. The summed E-state index contributed by atoms with van der Waals surface area (Å²) in [5, 5.41) is 2.97. The Morgan fingerprint density at radius 2 is 1.96 bits per heavy atom. The summed E-state index contributed by atoms with van der Waals surface area (Å²) in [6.07, 6.45) is 2.63. The standard InChI is InChI=1S/C19H23N3O2/c1-2-10-24-19-15(8-5-9-20-19)11-21-18(23)14-22-12-16-6-3-4-7-17(16)13-22/h3-9H,2,10-14H2,1H3,(H,21,23). The van der Waals surface area contributed by atoms with Crippen molar-refractivity contribution in [2.45, 2.75) is 33.0 Å². The number of nitrogens with zero attached hydrogens (tertiary/aromatic N) is 2. The number of rotatable bonds is 7. The van der Waals surface area contributed by atoms with E-state index in [0.29, 0.717) is 25.6 Å². The van der Waals surface area contributed by atoms with Crippen LogP contribution in [0.25, 0.3) is 0 Å². The zero-order valence-corrected chi connectivity index (χ0v) is 14.0. The number of carbonyl (C=O) groups is 1. The lowest BCUT2D eigenvalue weighted by atomic mass is 10.1. The van der Waals surface area contributed by atoms with Gasteiger partial charge in [-0.05, 0) is 23.6 Å². The van der Waals surface area contributed by atoms with E-state index in [2.05, 4.69) is 34.3 Å². The highest BCUT2D eigenvalue weighted by atomic mass is 16.5. The van der Waals surface area contributed by atoms with E-state index < -0.39 is 0 Å². The van der Waals surface area contributed by atoms with Crippen LogP contribution in [0.4, 0.5) is 0 Å². The average molecular weight is 325 g/mol. The van der Waals surface area contributed by atoms with Crippen molar-refractivity contribution in [1.82, 2.24) is 15.2 Å². The molecule has 0 fully saturated rings. The number of hydrogen-bond acceptors (Lipinski definition) is 4. The van der Waals surface area contributed by atoms with Crippen molar-refractivity contribution >= 4 is 5.91 Å². The molecule has 1 aromatic heterocycles. The molecule has 1 aromatic carbocycles. The van der Waals surface area contributed by atoms with E-state index in [4.69, 9.17) is 4.74 Å². The summed E-state index contributed by atoms with van der Waals surface area (Å²) in [7, 11) is 0. The van der Waals surface area contributed by atoms with Gasteiger partial charge in [0.15, 0.2) is 0 Å². The van der Waals surface area contributed by atoms with Crippen LogP contribution in [0, 0.1) is 0 Å². The minimum absolute atomic E-state index is 0.0214. The van der Waals surface area contributed by atoms with Crippen LogP contribution in [0.5, 0.6) is 5.88 Å². The fraction of sp³-hybridized carbons (Fsp3) is 0.368. The van der Waals surface area contributed by atoms with Gasteiger partial charge in [-0.25, -0.2) is 4.98 Å². The largest absolute Gasteiger partial charge is 0.477 e. The van der Waals surface area contributed by atoms with Crippen LogP contribution in [0.2, 0.25) is 0 Å². The summed E-state index contributed by atoms with van der Waals surface area (Å²) in [5.74, 6) is 0.626. The van der Waals surface area contributed by atoms with E-state index in [9.17, 15) is 4.79 Å². The molecule has 0 saturated carbocycles. The van der Waals surface area contributed by atoms with Crippen LogP contribution in [0.1, 0.15) is 30.0 Å². The lowest BCUT2D eigenvalue weighted by Crippen LogP contribution is -2.34. The zero-order chi connectivity index (χ0) is 16.8. The fourth-order valence-electron chi connectivity index (χ4n) is 2.86. The van der Waals surface area contributed by atoms with Crippen molar-refractivity contribution in [3.63, 3.8) is 0 Å². The third kappa shape index (κ3) is 4.11. The molecule has 3 rings (SSSR count). The maximum atomic E-state index is 12.2. The number of benzene rings is 1. The molecule has 1 aliphatic heterocycles. The van der Waals surface area contributed by atoms with E-state index in [1.807, 2.05) is 24.3 Å². The number of carbonyl (C=O) groups excluding carboxylic acids is 1. The normalized spacial score (nSPS) is 13.5. The minimum atomic E-state index is 0.0214. The van der Waals surface area contributed by atoms with Gasteiger partial charge in [0, 0.05) is 31.4 Å². The predicted molar refractivity (Wildman–Crippen MR) is 92.4 cm³/mol. The zero-order valence-electron chi connectivity index (χ0n) is 14.0. The van der Waals surface area contributed by atoms with Crippen molar-refractivity contribution in [2.75, 3.05) is 13.2 Å². The van der Waals surface area contributed by atoms with E-state index in [-0.39, 0.29) is 5.91 Å². The number of amides is 1. The number of fused-ring (bicyclic) bond motifs is 1. The van der Waals surface area contributed by atoms with Crippen molar-refractivity contribution in [2.24, 2.45) is 0 Å². The maximum Gasteiger partial charge on any atom is 0.234 e. The number of nitrogens with one attached hydrogen (secondary N) is 1. The molecule has 1 aliphatic rings. The molecule has 0 bridgehead atoms. The Bertz CT molecular complexity index is 678. The van der Waals surface area contributed by atoms with Gasteiger partial charge in [0.25, 0.3) is 0 Å².